The first-order valence-electron chi connectivity index (χ1n) is 9.40. The minimum atomic E-state index is -0.548. The average Bonchev–Trinajstić information content (AvgIpc) is 2.99. The molecule has 2 heterocycles. The summed E-state index contributed by atoms with van der Waals surface area (Å²) in [6.07, 6.45) is 0.596. The van der Waals surface area contributed by atoms with E-state index in [1.54, 1.807) is 11.0 Å². The zero-order valence-corrected chi connectivity index (χ0v) is 16.4. The van der Waals surface area contributed by atoms with Crippen LogP contribution in [0, 0.1) is 19.8 Å². The van der Waals surface area contributed by atoms with E-state index in [9.17, 15) is 9.59 Å². The Morgan fingerprint density at radius 2 is 1.93 bits per heavy atom. The van der Waals surface area contributed by atoms with Gasteiger partial charge in [0, 0.05) is 12.1 Å². The molecule has 0 unspecified atom stereocenters. The molecule has 0 bridgehead atoms. The summed E-state index contributed by atoms with van der Waals surface area (Å²) in [6.45, 7) is 9.47. The highest BCUT2D eigenvalue weighted by Gasteiger charge is 2.30. The van der Waals surface area contributed by atoms with Gasteiger partial charge in [-0.3, -0.25) is 9.59 Å². The maximum absolute atomic E-state index is 13.2. The van der Waals surface area contributed by atoms with E-state index in [0.29, 0.717) is 37.4 Å². The number of amides is 2. The van der Waals surface area contributed by atoms with E-state index in [2.05, 4.69) is 29.2 Å². The Kier molecular flexibility index (Phi) is 5.58. The molecule has 0 saturated carbocycles. The van der Waals surface area contributed by atoms with Crippen molar-refractivity contribution in [1.82, 2.24) is 25.0 Å². The zero-order valence-electron chi connectivity index (χ0n) is 16.4. The van der Waals surface area contributed by atoms with Crippen LogP contribution in [0.3, 0.4) is 0 Å². The molecule has 144 valence electrons. The number of carbonyl (C=O) groups is 2. The molecule has 7 nitrogen and oxygen atoms in total. The highest BCUT2D eigenvalue weighted by molar-refractivity contribution is 5.98. The van der Waals surface area contributed by atoms with Crippen molar-refractivity contribution in [2.75, 3.05) is 6.54 Å². The van der Waals surface area contributed by atoms with E-state index in [1.165, 1.54) is 0 Å². The minimum Gasteiger partial charge on any atom is -0.340 e. The fourth-order valence-corrected chi connectivity index (χ4v) is 3.43. The van der Waals surface area contributed by atoms with Gasteiger partial charge >= 0.3 is 0 Å². The number of benzene rings is 1. The van der Waals surface area contributed by atoms with Crippen molar-refractivity contribution in [3.05, 3.63) is 47.0 Å². The lowest BCUT2D eigenvalue weighted by molar-refractivity contribution is -0.135. The fraction of sp³-hybridized carbons (Fsp3) is 0.500. The Hall–Kier alpha value is -2.70. The van der Waals surface area contributed by atoms with Crippen LogP contribution in [0.4, 0.5) is 0 Å². The molecule has 0 spiro atoms. The first-order chi connectivity index (χ1) is 12.8. The molecule has 2 aromatic rings. The predicted octanol–water partition coefficient (Wildman–Crippen LogP) is 2.08. The van der Waals surface area contributed by atoms with E-state index in [4.69, 9.17) is 0 Å². The van der Waals surface area contributed by atoms with Gasteiger partial charge in [-0.15, -0.1) is 0 Å². The number of aromatic nitrogens is 3. The van der Waals surface area contributed by atoms with Crippen LogP contribution >= 0.6 is 0 Å². The number of fused-ring (bicyclic) bond motifs is 1. The number of hydrogen-bond acceptors (Lipinski definition) is 4. The molecule has 0 aliphatic carbocycles. The summed E-state index contributed by atoms with van der Waals surface area (Å²) in [6, 6.07) is 6.87. The van der Waals surface area contributed by atoms with Crippen molar-refractivity contribution < 1.29 is 9.59 Å². The summed E-state index contributed by atoms with van der Waals surface area (Å²) in [7, 11) is 0. The SMILES string of the molecule is Cc1nc2n(n1)CCN(C(=O)[C@H](CC(C)C)NC(=O)c1ccccc1C)C2. The van der Waals surface area contributed by atoms with Crippen LogP contribution in [-0.2, 0) is 17.9 Å². The van der Waals surface area contributed by atoms with Gasteiger partial charge in [0.1, 0.15) is 17.7 Å². The highest BCUT2D eigenvalue weighted by atomic mass is 16.2. The summed E-state index contributed by atoms with van der Waals surface area (Å²) in [4.78, 5) is 32.1. The van der Waals surface area contributed by atoms with Crippen molar-refractivity contribution in [1.29, 1.82) is 0 Å². The van der Waals surface area contributed by atoms with Gasteiger partial charge in [-0.1, -0.05) is 32.0 Å². The number of carbonyl (C=O) groups excluding carboxylic acids is 2. The van der Waals surface area contributed by atoms with Crippen LogP contribution in [0.2, 0.25) is 0 Å². The van der Waals surface area contributed by atoms with Crippen molar-refractivity contribution in [2.24, 2.45) is 5.92 Å². The molecule has 1 atom stereocenters. The molecule has 1 N–H and O–H groups in total. The third kappa shape index (κ3) is 4.35. The number of nitrogens with one attached hydrogen (secondary N) is 1. The molecule has 2 amide bonds. The van der Waals surface area contributed by atoms with Gasteiger partial charge in [-0.05, 0) is 37.8 Å². The molecule has 0 fully saturated rings. The van der Waals surface area contributed by atoms with Crippen molar-refractivity contribution in [3.63, 3.8) is 0 Å². The minimum absolute atomic E-state index is 0.0578. The average molecular weight is 369 g/mol. The van der Waals surface area contributed by atoms with Gasteiger partial charge in [-0.2, -0.15) is 5.10 Å². The molecule has 27 heavy (non-hydrogen) atoms. The largest absolute Gasteiger partial charge is 0.340 e. The molecule has 3 rings (SSSR count). The lowest BCUT2D eigenvalue weighted by Gasteiger charge is -2.31. The first-order valence-corrected chi connectivity index (χ1v) is 9.40. The van der Waals surface area contributed by atoms with Gasteiger partial charge in [0.25, 0.3) is 5.91 Å². The van der Waals surface area contributed by atoms with E-state index in [0.717, 1.165) is 11.4 Å². The van der Waals surface area contributed by atoms with Gasteiger partial charge in [0.05, 0.1) is 13.1 Å². The molecular formula is C20H27N5O2. The van der Waals surface area contributed by atoms with Crippen LogP contribution in [-0.4, -0.2) is 44.1 Å². The molecule has 1 aliphatic rings. The van der Waals surface area contributed by atoms with Gasteiger partial charge in [0.2, 0.25) is 5.91 Å². The Balaban J connectivity index is 1.75. The smallest absolute Gasteiger partial charge is 0.252 e. The molecule has 7 heteroatoms. The number of rotatable bonds is 5. The number of aryl methyl sites for hydroxylation is 2. The second kappa shape index (κ2) is 7.90. The van der Waals surface area contributed by atoms with E-state index in [-0.39, 0.29) is 17.7 Å². The summed E-state index contributed by atoms with van der Waals surface area (Å²) in [5, 5.41) is 7.29. The third-order valence-corrected chi connectivity index (χ3v) is 4.78. The van der Waals surface area contributed by atoms with Crippen LogP contribution in [0.15, 0.2) is 24.3 Å². The predicted molar refractivity (Wildman–Crippen MR) is 102 cm³/mol. The van der Waals surface area contributed by atoms with Gasteiger partial charge < -0.3 is 10.2 Å². The monoisotopic (exact) mass is 369 g/mol. The summed E-state index contributed by atoms with van der Waals surface area (Å²) in [5.74, 6) is 1.53. The molecule has 1 aromatic carbocycles. The molecule has 1 aliphatic heterocycles. The maximum atomic E-state index is 13.2. The van der Waals surface area contributed by atoms with Gasteiger partial charge in [-0.25, -0.2) is 9.67 Å². The third-order valence-electron chi connectivity index (χ3n) is 4.78. The fourth-order valence-electron chi connectivity index (χ4n) is 3.43. The molecule has 1 aromatic heterocycles. The second-order valence-corrected chi connectivity index (χ2v) is 7.53. The Bertz CT molecular complexity index is 843. The van der Waals surface area contributed by atoms with Crippen molar-refractivity contribution in [3.8, 4) is 0 Å². The van der Waals surface area contributed by atoms with Crippen LogP contribution in [0.1, 0.15) is 47.8 Å². The van der Waals surface area contributed by atoms with E-state index in [1.807, 2.05) is 36.7 Å². The second-order valence-electron chi connectivity index (χ2n) is 7.53. The van der Waals surface area contributed by atoms with Crippen molar-refractivity contribution in [2.45, 2.75) is 53.2 Å². The Morgan fingerprint density at radius 1 is 1.19 bits per heavy atom. The topological polar surface area (TPSA) is 80.1 Å². The van der Waals surface area contributed by atoms with Crippen LogP contribution in [0.25, 0.3) is 0 Å². The normalized spacial score (nSPS) is 14.8. The van der Waals surface area contributed by atoms with Crippen LogP contribution in [0.5, 0.6) is 0 Å². The Labute approximate surface area is 159 Å². The number of hydrogen-bond donors (Lipinski definition) is 1. The quantitative estimate of drug-likeness (QED) is 0.875. The van der Waals surface area contributed by atoms with E-state index < -0.39 is 6.04 Å². The first kappa shape index (κ1) is 19.1. The molecule has 0 radical (unpaired) electrons. The van der Waals surface area contributed by atoms with Crippen LogP contribution < -0.4 is 5.32 Å². The van der Waals surface area contributed by atoms with Crippen molar-refractivity contribution >= 4 is 11.8 Å². The Morgan fingerprint density at radius 3 is 2.63 bits per heavy atom. The van der Waals surface area contributed by atoms with Gasteiger partial charge in [0.15, 0.2) is 0 Å². The lowest BCUT2D eigenvalue weighted by atomic mass is 10.0. The standard InChI is InChI=1S/C20H27N5O2/c1-13(2)11-17(22-19(26)16-8-6-5-7-14(16)3)20(27)24-9-10-25-18(12-24)21-15(4)23-25/h5-8,13,17H,9-12H2,1-4H3,(H,22,26)/t17-/m0/s1. The zero-order chi connectivity index (χ0) is 19.6. The molecule has 0 saturated heterocycles. The summed E-state index contributed by atoms with van der Waals surface area (Å²) < 4.78 is 1.85. The summed E-state index contributed by atoms with van der Waals surface area (Å²) in [5.41, 5.74) is 1.50. The molecular weight excluding hydrogens is 342 g/mol. The lowest BCUT2D eigenvalue weighted by Crippen LogP contribution is -2.51. The maximum Gasteiger partial charge on any atom is 0.252 e. The van der Waals surface area contributed by atoms with E-state index >= 15 is 0 Å². The summed E-state index contributed by atoms with van der Waals surface area (Å²) >= 11 is 0. The highest BCUT2D eigenvalue weighted by Crippen LogP contribution is 2.16. The number of nitrogens with zero attached hydrogens (tertiary/aromatic N) is 4.